The standard InChI is InChI=1S/C17H31NO3Si/c1-8-13-20-16(19)18-12-10-11-15(14(18)9-2)21-22(6,7)17(3,4)5/h8-9,14-15H,1-2,10-13H2,3-7H3/t14-,15+/m0/s1. The van der Waals surface area contributed by atoms with E-state index in [1.807, 2.05) is 6.08 Å². The van der Waals surface area contributed by atoms with E-state index in [2.05, 4.69) is 47.0 Å². The van der Waals surface area contributed by atoms with E-state index in [0.717, 1.165) is 12.8 Å². The van der Waals surface area contributed by atoms with Crippen LogP contribution in [0.4, 0.5) is 4.79 Å². The Morgan fingerprint density at radius 1 is 1.36 bits per heavy atom. The summed E-state index contributed by atoms with van der Waals surface area (Å²) < 4.78 is 11.7. The second-order valence-electron chi connectivity index (χ2n) is 7.34. The van der Waals surface area contributed by atoms with Crippen molar-refractivity contribution in [3.63, 3.8) is 0 Å². The molecule has 1 rings (SSSR count). The van der Waals surface area contributed by atoms with Gasteiger partial charge in [-0.3, -0.25) is 4.90 Å². The molecule has 1 saturated heterocycles. The lowest BCUT2D eigenvalue weighted by atomic mass is 9.99. The van der Waals surface area contributed by atoms with E-state index >= 15 is 0 Å². The van der Waals surface area contributed by atoms with Crippen molar-refractivity contribution in [1.29, 1.82) is 0 Å². The SMILES string of the molecule is C=CCOC(=O)N1CCC[C@@H](O[Si](C)(C)C(C)(C)C)[C@@H]1C=C. The van der Waals surface area contributed by atoms with Crippen LogP contribution in [0.5, 0.6) is 0 Å². The average Bonchev–Trinajstić information content (AvgIpc) is 2.42. The van der Waals surface area contributed by atoms with Crippen LogP contribution in [-0.4, -0.2) is 44.6 Å². The molecule has 0 aliphatic carbocycles. The highest BCUT2D eigenvalue weighted by Gasteiger charge is 2.43. The molecule has 0 spiro atoms. The van der Waals surface area contributed by atoms with Crippen molar-refractivity contribution in [3.8, 4) is 0 Å². The number of ether oxygens (including phenoxy) is 1. The maximum atomic E-state index is 12.2. The first-order chi connectivity index (χ1) is 10.1. The molecule has 4 nitrogen and oxygen atoms in total. The minimum absolute atomic E-state index is 0.00317. The lowest BCUT2D eigenvalue weighted by Gasteiger charge is -2.45. The highest BCUT2D eigenvalue weighted by molar-refractivity contribution is 6.74. The summed E-state index contributed by atoms with van der Waals surface area (Å²) in [5, 5.41) is 0.143. The number of amides is 1. The Morgan fingerprint density at radius 2 is 2.00 bits per heavy atom. The maximum absolute atomic E-state index is 12.2. The molecule has 1 aliphatic heterocycles. The van der Waals surface area contributed by atoms with Crippen molar-refractivity contribution in [2.24, 2.45) is 0 Å². The third kappa shape index (κ3) is 4.46. The fraction of sp³-hybridized carbons (Fsp3) is 0.706. The van der Waals surface area contributed by atoms with Gasteiger partial charge in [0.05, 0.1) is 12.1 Å². The Hall–Kier alpha value is -1.07. The summed E-state index contributed by atoms with van der Waals surface area (Å²) in [6, 6.07) is -0.125. The predicted molar refractivity (Wildman–Crippen MR) is 93.5 cm³/mol. The second kappa shape index (κ2) is 7.46. The Morgan fingerprint density at radius 3 is 2.50 bits per heavy atom. The first-order valence-electron chi connectivity index (χ1n) is 7.98. The topological polar surface area (TPSA) is 38.8 Å². The van der Waals surface area contributed by atoms with E-state index in [-0.39, 0.29) is 29.9 Å². The number of likely N-dealkylation sites (tertiary alicyclic amines) is 1. The number of nitrogens with zero attached hydrogens (tertiary/aromatic N) is 1. The number of rotatable bonds is 5. The van der Waals surface area contributed by atoms with Crippen LogP contribution in [0.2, 0.25) is 18.1 Å². The van der Waals surface area contributed by atoms with Gasteiger partial charge in [-0.05, 0) is 31.0 Å². The Balaban J connectivity index is 2.85. The van der Waals surface area contributed by atoms with Crippen molar-refractivity contribution in [2.75, 3.05) is 13.2 Å². The highest BCUT2D eigenvalue weighted by Crippen LogP contribution is 2.39. The molecule has 0 saturated carbocycles. The van der Waals surface area contributed by atoms with E-state index < -0.39 is 8.32 Å². The third-order valence-electron chi connectivity index (χ3n) is 4.68. The summed E-state index contributed by atoms with van der Waals surface area (Å²) in [6.45, 7) is 19.5. The van der Waals surface area contributed by atoms with Crippen molar-refractivity contribution in [2.45, 2.75) is 63.9 Å². The van der Waals surface area contributed by atoms with Gasteiger partial charge in [0.25, 0.3) is 0 Å². The minimum atomic E-state index is -1.88. The van der Waals surface area contributed by atoms with E-state index in [4.69, 9.17) is 9.16 Å². The molecule has 0 unspecified atom stereocenters. The van der Waals surface area contributed by atoms with E-state index in [1.54, 1.807) is 11.0 Å². The fourth-order valence-corrected chi connectivity index (χ4v) is 3.74. The molecule has 1 amide bonds. The molecule has 126 valence electrons. The van der Waals surface area contributed by atoms with Gasteiger partial charge in [0.2, 0.25) is 0 Å². The van der Waals surface area contributed by atoms with Crippen LogP contribution in [0.3, 0.4) is 0 Å². The minimum Gasteiger partial charge on any atom is -0.445 e. The molecule has 2 atom stereocenters. The molecule has 1 aliphatic rings. The molecule has 0 bridgehead atoms. The van der Waals surface area contributed by atoms with E-state index in [0.29, 0.717) is 6.54 Å². The smallest absolute Gasteiger partial charge is 0.410 e. The van der Waals surface area contributed by atoms with Crippen molar-refractivity contribution < 1.29 is 14.0 Å². The first-order valence-corrected chi connectivity index (χ1v) is 10.9. The molecule has 0 radical (unpaired) electrons. The van der Waals surface area contributed by atoms with Gasteiger partial charge in [0, 0.05) is 6.54 Å². The fourth-order valence-electron chi connectivity index (χ4n) is 2.37. The largest absolute Gasteiger partial charge is 0.445 e. The Labute approximate surface area is 136 Å². The van der Waals surface area contributed by atoms with Gasteiger partial charge in [-0.15, -0.1) is 6.58 Å². The maximum Gasteiger partial charge on any atom is 0.410 e. The molecule has 0 aromatic heterocycles. The molecule has 22 heavy (non-hydrogen) atoms. The molecule has 1 heterocycles. The summed E-state index contributed by atoms with van der Waals surface area (Å²) >= 11 is 0. The lowest BCUT2D eigenvalue weighted by Crippen LogP contribution is -2.55. The van der Waals surface area contributed by atoms with Crippen molar-refractivity contribution >= 4 is 14.4 Å². The van der Waals surface area contributed by atoms with Crippen molar-refractivity contribution in [3.05, 3.63) is 25.3 Å². The summed E-state index contributed by atoms with van der Waals surface area (Å²) in [5.41, 5.74) is 0. The van der Waals surface area contributed by atoms with Crippen LogP contribution in [0.1, 0.15) is 33.6 Å². The Kier molecular flexibility index (Phi) is 6.44. The molecule has 0 aromatic carbocycles. The molecular weight excluding hydrogens is 294 g/mol. The number of carbonyl (C=O) groups excluding carboxylic acids is 1. The quantitative estimate of drug-likeness (QED) is 0.557. The molecule has 1 fully saturated rings. The van der Waals surface area contributed by atoms with E-state index in [9.17, 15) is 4.79 Å². The summed E-state index contributed by atoms with van der Waals surface area (Å²) in [6.07, 6.45) is 4.96. The summed E-state index contributed by atoms with van der Waals surface area (Å²) in [7, 11) is -1.88. The number of piperidine rings is 1. The lowest BCUT2D eigenvalue weighted by molar-refractivity contribution is 0.0318. The third-order valence-corrected chi connectivity index (χ3v) is 9.19. The normalized spacial score (nSPS) is 23.0. The van der Waals surface area contributed by atoms with Gasteiger partial charge in [-0.2, -0.15) is 0 Å². The monoisotopic (exact) mass is 325 g/mol. The summed E-state index contributed by atoms with van der Waals surface area (Å²) in [4.78, 5) is 13.9. The Bertz CT molecular complexity index is 415. The van der Waals surface area contributed by atoms with Gasteiger partial charge in [0.15, 0.2) is 8.32 Å². The number of hydrogen-bond acceptors (Lipinski definition) is 3. The zero-order valence-electron chi connectivity index (χ0n) is 14.7. The van der Waals surface area contributed by atoms with Crippen LogP contribution in [0, 0.1) is 0 Å². The molecular formula is C17H31NO3Si. The van der Waals surface area contributed by atoms with Crippen LogP contribution >= 0.6 is 0 Å². The average molecular weight is 326 g/mol. The molecule has 0 N–H and O–H groups in total. The number of carbonyl (C=O) groups is 1. The van der Waals surface area contributed by atoms with Crippen LogP contribution < -0.4 is 0 Å². The predicted octanol–water partition coefficient (Wildman–Crippen LogP) is 4.35. The van der Waals surface area contributed by atoms with Gasteiger partial charge >= 0.3 is 6.09 Å². The molecule has 5 heteroatoms. The van der Waals surface area contributed by atoms with Crippen LogP contribution in [0.25, 0.3) is 0 Å². The van der Waals surface area contributed by atoms with Gasteiger partial charge in [-0.25, -0.2) is 4.79 Å². The van der Waals surface area contributed by atoms with Gasteiger partial charge in [-0.1, -0.05) is 39.5 Å². The first kappa shape index (κ1) is 19.0. The van der Waals surface area contributed by atoms with E-state index in [1.165, 1.54) is 0 Å². The van der Waals surface area contributed by atoms with Crippen molar-refractivity contribution in [1.82, 2.24) is 4.90 Å². The zero-order chi connectivity index (χ0) is 17.0. The summed E-state index contributed by atoms with van der Waals surface area (Å²) in [5.74, 6) is 0. The van der Waals surface area contributed by atoms with Gasteiger partial charge < -0.3 is 9.16 Å². The zero-order valence-corrected chi connectivity index (χ0v) is 15.7. The van der Waals surface area contributed by atoms with Gasteiger partial charge in [0.1, 0.15) is 6.61 Å². The number of hydrogen-bond donors (Lipinski definition) is 0. The molecule has 0 aromatic rings. The second-order valence-corrected chi connectivity index (χ2v) is 12.1. The highest BCUT2D eigenvalue weighted by atomic mass is 28.4. The van der Waals surface area contributed by atoms with Crippen LogP contribution in [-0.2, 0) is 9.16 Å². The van der Waals surface area contributed by atoms with Crippen LogP contribution in [0.15, 0.2) is 25.3 Å².